The molecule has 5 rings (SSSR count). The van der Waals surface area contributed by atoms with Gasteiger partial charge in [-0.3, -0.25) is 20.8 Å². The largest absolute Gasteiger partial charge is 0.456 e. The summed E-state index contributed by atoms with van der Waals surface area (Å²) >= 11 is 0. The highest BCUT2D eigenvalue weighted by Crippen LogP contribution is 2.36. The maximum absolute atomic E-state index is 8.37. The van der Waals surface area contributed by atoms with Gasteiger partial charge in [0.25, 0.3) is 0 Å². The lowest BCUT2D eigenvalue weighted by Gasteiger charge is -2.15. The Hall–Kier alpha value is -5.04. The SMILES string of the molecule is Cc1c(NC(=N)c2ccccn2)ccc(-c2ccc(-c3ccc(NC(=N)c4ccccn4)c(C)c3C)o2)c1C. The topological polar surface area (TPSA) is 111 Å². The molecule has 0 amide bonds. The normalized spacial score (nSPS) is 10.8. The summed E-state index contributed by atoms with van der Waals surface area (Å²) in [5.41, 5.74) is 9.17. The van der Waals surface area contributed by atoms with Crippen LogP contribution in [0.1, 0.15) is 33.6 Å². The fourth-order valence-electron chi connectivity index (χ4n) is 4.49. The molecule has 0 saturated carbocycles. The molecule has 4 N–H and O–H groups in total. The average molecular weight is 515 g/mol. The summed E-state index contributed by atoms with van der Waals surface area (Å²) in [6.45, 7) is 8.21. The minimum Gasteiger partial charge on any atom is -0.456 e. The quantitative estimate of drug-likeness (QED) is 0.138. The smallest absolute Gasteiger partial charge is 0.148 e. The van der Waals surface area contributed by atoms with Crippen LogP contribution in [0, 0.1) is 38.5 Å². The summed E-state index contributed by atoms with van der Waals surface area (Å²) in [4.78, 5) is 8.50. The molecule has 194 valence electrons. The molecule has 0 saturated heterocycles. The standard InChI is InChI=1S/C32H30N6O/c1-19-21(3)25(37-31(33)27-9-5-7-17-35-27)13-11-23(19)29-15-16-30(39-29)24-12-14-26(22(4)20(24)2)38-32(34)28-10-6-8-18-36-28/h5-18H,1-4H3,(H2,33,37)(H2,34,38). The Bertz CT molecular complexity index is 1550. The van der Waals surface area contributed by atoms with Crippen LogP contribution >= 0.6 is 0 Å². The van der Waals surface area contributed by atoms with Crippen molar-refractivity contribution in [2.24, 2.45) is 0 Å². The van der Waals surface area contributed by atoms with E-state index in [-0.39, 0.29) is 11.7 Å². The highest BCUT2D eigenvalue weighted by atomic mass is 16.3. The van der Waals surface area contributed by atoms with Crippen molar-refractivity contribution in [1.82, 2.24) is 9.97 Å². The van der Waals surface area contributed by atoms with Gasteiger partial charge in [0.15, 0.2) is 0 Å². The van der Waals surface area contributed by atoms with Gasteiger partial charge < -0.3 is 15.1 Å². The predicted octanol–water partition coefficient (Wildman–Crippen LogP) is 7.51. The number of amidine groups is 2. The van der Waals surface area contributed by atoms with Crippen molar-refractivity contribution in [3.63, 3.8) is 0 Å². The number of aromatic nitrogens is 2. The third-order valence-electron chi connectivity index (χ3n) is 7.07. The number of nitrogens with one attached hydrogen (secondary N) is 4. The second-order valence-corrected chi connectivity index (χ2v) is 9.42. The van der Waals surface area contributed by atoms with Crippen molar-refractivity contribution in [1.29, 1.82) is 10.8 Å². The van der Waals surface area contributed by atoms with Crippen LogP contribution < -0.4 is 10.6 Å². The molecule has 3 heterocycles. The van der Waals surface area contributed by atoms with Crippen LogP contribution in [0.15, 0.2) is 89.6 Å². The summed E-state index contributed by atoms with van der Waals surface area (Å²) in [5, 5.41) is 23.1. The Morgan fingerprint density at radius 3 is 1.38 bits per heavy atom. The molecule has 0 aliphatic rings. The van der Waals surface area contributed by atoms with E-state index in [9.17, 15) is 0 Å². The zero-order valence-electron chi connectivity index (χ0n) is 22.4. The number of hydrogen-bond acceptors (Lipinski definition) is 5. The molecule has 5 aromatic rings. The molecule has 2 aromatic carbocycles. The fraction of sp³-hybridized carbons (Fsp3) is 0.125. The van der Waals surface area contributed by atoms with E-state index in [0.717, 1.165) is 56.3 Å². The van der Waals surface area contributed by atoms with Crippen molar-refractivity contribution < 1.29 is 4.42 Å². The zero-order valence-corrected chi connectivity index (χ0v) is 22.4. The number of rotatable bonds is 6. The van der Waals surface area contributed by atoms with Crippen LogP contribution in [0.3, 0.4) is 0 Å². The predicted molar refractivity (Wildman–Crippen MR) is 158 cm³/mol. The molecule has 0 radical (unpaired) electrons. The van der Waals surface area contributed by atoms with Gasteiger partial charge in [0.05, 0.1) is 0 Å². The Balaban J connectivity index is 1.37. The van der Waals surface area contributed by atoms with E-state index < -0.39 is 0 Å². The van der Waals surface area contributed by atoms with Gasteiger partial charge in [-0.2, -0.15) is 0 Å². The van der Waals surface area contributed by atoms with E-state index in [1.807, 2.05) is 86.6 Å². The van der Waals surface area contributed by atoms with E-state index in [0.29, 0.717) is 11.4 Å². The van der Waals surface area contributed by atoms with Crippen molar-refractivity contribution >= 4 is 23.0 Å². The Kier molecular flexibility index (Phi) is 7.06. The van der Waals surface area contributed by atoms with Gasteiger partial charge in [0.2, 0.25) is 0 Å². The van der Waals surface area contributed by atoms with Crippen LogP contribution in [-0.4, -0.2) is 21.6 Å². The third-order valence-corrected chi connectivity index (χ3v) is 7.07. The summed E-state index contributed by atoms with van der Waals surface area (Å²) in [6, 6.07) is 23.0. The van der Waals surface area contributed by atoms with Crippen LogP contribution in [0.25, 0.3) is 22.6 Å². The molecular formula is C32H30N6O. The number of anilines is 2. The van der Waals surface area contributed by atoms with Crippen molar-refractivity contribution in [2.75, 3.05) is 10.6 Å². The molecule has 7 heteroatoms. The van der Waals surface area contributed by atoms with Crippen molar-refractivity contribution in [2.45, 2.75) is 27.7 Å². The van der Waals surface area contributed by atoms with Crippen LogP contribution in [-0.2, 0) is 0 Å². The number of furan rings is 1. The average Bonchev–Trinajstić information content (AvgIpc) is 3.44. The maximum Gasteiger partial charge on any atom is 0.148 e. The highest BCUT2D eigenvalue weighted by molar-refractivity contribution is 6.06. The van der Waals surface area contributed by atoms with E-state index in [2.05, 4.69) is 34.4 Å². The molecule has 39 heavy (non-hydrogen) atoms. The molecule has 7 nitrogen and oxygen atoms in total. The number of nitrogens with zero attached hydrogens (tertiary/aromatic N) is 2. The second-order valence-electron chi connectivity index (χ2n) is 9.42. The van der Waals surface area contributed by atoms with Gasteiger partial charge in [-0.25, -0.2) is 0 Å². The van der Waals surface area contributed by atoms with Crippen LogP contribution in [0.5, 0.6) is 0 Å². The first-order valence-corrected chi connectivity index (χ1v) is 12.7. The lowest BCUT2D eigenvalue weighted by molar-refractivity contribution is 0.596. The van der Waals surface area contributed by atoms with Gasteiger partial charge in [0, 0.05) is 34.9 Å². The fourth-order valence-corrected chi connectivity index (χ4v) is 4.49. The molecular weight excluding hydrogens is 484 g/mol. The maximum atomic E-state index is 8.37. The van der Waals surface area contributed by atoms with Gasteiger partial charge in [-0.05, 0) is 111 Å². The molecule has 0 unspecified atom stereocenters. The van der Waals surface area contributed by atoms with E-state index in [1.165, 1.54) is 0 Å². The third kappa shape index (κ3) is 5.20. The first-order valence-electron chi connectivity index (χ1n) is 12.7. The number of pyridine rings is 2. The monoisotopic (exact) mass is 514 g/mol. The van der Waals surface area contributed by atoms with Gasteiger partial charge in [0.1, 0.15) is 34.6 Å². The molecule has 0 bridgehead atoms. The Labute approximate surface area is 228 Å². The van der Waals surface area contributed by atoms with E-state index >= 15 is 0 Å². The summed E-state index contributed by atoms with van der Waals surface area (Å²) in [6.07, 6.45) is 3.36. The minimum absolute atomic E-state index is 0.255. The second kappa shape index (κ2) is 10.8. The zero-order chi connectivity index (χ0) is 27.5. The lowest BCUT2D eigenvalue weighted by atomic mass is 9.99. The summed E-state index contributed by atoms with van der Waals surface area (Å²) < 4.78 is 6.36. The number of hydrogen-bond donors (Lipinski definition) is 4. The first kappa shape index (κ1) is 25.6. The van der Waals surface area contributed by atoms with Crippen LogP contribution in [0.2, 0.25) is 0 Å². The van der Waals surface area contributed by atoms with E-state index in [1.54, 1.807) is 12.4 Å². The highest BCUT2D eigenvalue weighted by Gasteiger charge is 2.16. The minimum atomic E-state index is 0.255. The molecule has 0 aliphatic carbocycles. The molecule has 0 spiro atoms. The van der Waals surface area contributed by atoms with Gasteiger partial charge >= 0.3 is 0 Å². The van der Waals surface area contributed by atoms with E-state index in [4.69, 9.17) is 15.2 Å². The molecule has 3 aromatic heterocycles. The summed E-state index contributed by atoms with van der Waals surface area (Å²) in [7, 11) is 0. The molecule has 0 aliphatic heterocycles. The summed E-state index contributed by atoms with van der Waals surface area (Å²) in [5.74, 6) is 2.08. The van der Waals surface area contributed by atoms with Crippen molar-refractivity contribution in [3.05, 3.63) is 119 Å². The first-order chi connectivity index (χ1) is 18.8. The van der Waals surface area contributed by atoms with Gasteiger partial charge in [-0.15, -0.1) is 0 Å². The molecule has 0 atom stereocenters. The Morgan fingerprint density at radius 2 is 1.00 bits per heavy atom. The lowest BCUT2D eigenvalue weighted by Crippen LogP contribution is -2.14. The molecule has 0 fully saturated rings. The van der Waals surface area contributed by atoms with Crippen LogP contribution in [0.4, 0.5) is 11.4 Å². The van der Waals surface area contributed by atoms with Gasteiger partial charge in [-0.1, -0.05) is 12.1 Å². The van der Waals surface area contributed by atoms with Crippen molar-refractivity contribution in [3.8, 4) is 22.6 Å². The Morgan fingerprint density at radius 1 is 0.564 bits per heavy atom. The number of benzene rings is 2.